The number of piperazine rings is 1. The molecule has 1 aliphatic heterocycles. The molecule has 1 heterocycles. The molecule has 3 heteroatoms. The van der Waals surface area contributed by atoms with Crippen LogP contribution in [0.2, 0.25) is 0 Å². The third-order valence-corrected chi connectivity index (χ3v) is 2.75. The lowest BCUT2D eigenvalue weighted by atomic mass is 10.0. The van der Waals surface area contributed by atoms with E-state index >= 15 is 0 Å². The van der Waals surface area contributed by atoms with E-state index in [1.54, 1.807) is 0 Å². The third-order valence-electron chi connectivity index (χ3n) is 2.75. The molecule has 0 bridgehead atoms. The predicted molar refractivity (Wildman–Crippen MR) is 53.2 cm³/mol. The van der Waals surface area contributed by atoms with Crippen LogP contribution in [-0.4, -0.2) is 48.9 Å². The van der Waals surface area contributed by atoms with Crippen LogP contribution < -0.4 is 0 Å². The maximum atomic E-state index is 5.84. The molecule has 68 valence electrons. The van der Waals surface area contributed by atoms with Gasteiger partial charge in [-0.05, 0) is 27.7 Å². The zero-order valence-electron chi connectivity index (χ0n) is 8.62. The number of hydrogen-bond acceptors (Lipinski definition) is 2. The van der Waals surface area contributed by atoms with E-state index in [-0.39, 0.29) is 0 Å². The summed E-state index contributed by atoms with van der Waals surface area (Å²) in [5.74, 6) is 0. The molecule has 0 aliphatic carbocycles. The van der Waals surface area contributed by atoms with E-state index in [0.29, 0.717) is 18.1 Å². The van der Waals surface area contributed by atoms with Gasteiger partial charge in [0.1, 0.15) is 0 Å². The van der Waals surface area contributed by atoms with Crippen LogP contribution >= 0.6 is 0 Å². The SMILES string of the molecule is [B]N1CC(C)N(C(C)C)CC1C. The van der Waals surface area contributed by atoms with Crippen LogP contribution in [0.5, 0.6) is 0 Å². The Bertz CT molecular complexity index is 149. The van der Waals surface area contributed by atoms with Gasteiger partial charge in [0.05, 0.1) is 0 Å². The maximum absolute atomic E-state index is 5.84. The minimum Gasteiger partial charge on any atom is -0.349 e. The molecular formula is C9H19BN2. The smallest absolute Gasteiger partial charge is 0.182 e. The second kappa shape index (κ2) is 3.80. The zero-order valence-corrected chi connectivity index (χ0v) is 8.62. The van der Waals surface area contributed by atoms with E-state index in [0.717, 1.165) is 13.1 Å². The summed E-state index contributed by atoms with van der Waals surface area (Å²) in [7, 11) is 5.84. The van der Waals surface area contributed by atoms with Crippen molar-refractivity contribution in [3.8, 4) is 0 Å². The van der Waals surface area contributed by atoms with Crippen molar-refractivity contribution in [2.45, 2.75) is 45.8 Å². The lowest BCUT2D eigenvalue weighted by Gasteiger charge is -2.45. The molecule has 0 spiro atoms. The van der Waals surface area contributed by atoms with E-state index < -0.39 is 0 Å². The summed E-state index contributed by atoms with van der Waals surface area (Å²) >= 11 is 0. The summed E-state index contributed by atoms with van der Waals surface area (Å²) in [6.07, 6.45) is 0. The molecular weight excluding hydrogens is 147 g/mol. The van der Waals surface area contributed by atoms with E-state index in [4.69, 9.17) is 7.98 Å². The van der Waals surface area contributed by atoms with Crippen molar-refractivity contribution in [3.05, 3.63) is 0 Å². The van der Waals surface area contributed by atoms with Crippen LogP contribution in [0, 0.1) is 0 Å². The van der Waals surface area contributed by atoms with Crippen LogP contribution in [0.15, 0.2) is 0 Å². The average molecular weight is 166 g/mol. The summed E-state index contributed by atoms with van der Waals surface area (Å²) in [6.45, 7) is 11.0. The molecule has 1 saturated heterocycles. The van der Waals surface area contributed by atoms with E-state index in [2.05, 4.69) is 32.6 Å². The Morgan fingerprint density at radius 1 is 1.17 bits per heavy atom. The fourth-order valence-corrected chi connectivity index (χ4v) is 1.90. The average Bonchev–Trinajstić information content (AvgIpc) is 1.96. The lowest BCUT2D eigenvalue weighted by Crippen LogP contribution is -2.57. The van der Waals surface area contributed by atoms with Gasteiger partial charge in [0.2, 0.25) is 0 Å². The minimum absolute atomic E-state index is 0.489. The second-order valence-electron chi connectivity index (χ2n) is 4.19. The third kappa shape index (κ3) is 2.02. The molecule has 2 atom stereocenters. The first-order valence-electron chi connectivity index (χ1n) is 4.79. The Balaban J connectivity index is 2.55. The van der Waals surface area contributed by atoms with Gasteiger partial charge in [-0.25, -0.2) is 0 Å². The second-order valence-corrected chi connectivity index (χ2v) is 4.19. The van der Waals surface area contributed by atoms with Crippen LogP contribution in [-0.2, 0) is 0 Å². The molecule has 12 heavy (non-hydrogen) atoms. The summed E-state index contributed by atoms with van der Waals surface area (Å²) < 4.78 is 0. The van der Waals surface area contributed by atoms with Gasteiger partial charge in [0.15, 0.2) is 7.98 Å². The fourth-order valence-electron chi connectivity index (χ4n) is 1.90. The minimum atomic E-state index is 0.489. The lowest BCUT2D eigenvalue weighted by molar-refractivity contribution is 0.0678. The van der Waals surface area contributed by atoms with Crippen molar-refractivity contribution in [1.82, 2.24) is 9.71 Å². The largest absolute Gasteiger partial charge is 0.349 e. The normalized spacial score (nSPS) is 34.4. The van der Waals surface area contributed by atoms with Crippen molar-refractivity contribution >= 4 is 7.98 Å². The number of hydrogen-bond donors (Lipinski definition) is 0. The first-order chi connectivity index (χ1) is 5.52. The topological polar surface area (TPSA) is 6.48 Å². The zero-order chi connectivity index (χ0) is 9.30. The molecule has 1 aliphatic rings. The number of nitrogens with zero attached hydrogens (tertiary/aromatic N) is 2. The monoisotopic (exact) mass is 166 g/mol. The van der Waals surface area contributed by atoms with Crippen molar-refractivity contribution in [1.29, 1.82) is 0 Å². The summed E-state index contributed by atoms with van der Waals surface area (Å²) in [4.78, 5) is 4.46. The van der Waals surface area contributed by atoms with Crippen molar-refractivity contribution < 1.29 is 0 Å². The number of rotatable bonds is 1. The van der Waals surface area contributed by atoms with E-state index in [1.165, 1.54) is 0 Å². The quantitative estimate of drug-likeness (QED) is 0.533. The first kappa shape index (κ1) is 10.1. The van der Waals surface area contributed by atoms with Crippen molar-refractivity contribution in [2.24, 2.45) is 0 Å². The fraction of sp³-hybridized carbons (Fsp3) is 1.00. The Hall–Kier alpha value is -0.0151. The predicted octanol–water partition coefficient (Wildman–Crippen LogP) is 0.873. The Morgan fingerprint density at radius 3 is 2.25 bits per heavy atom. The molecule has 2 radical (unpaired) electrons. The molecule has 1 fully saturated rings. The van der Waals surface area contributed by atoms with Crippen molar-refractivity contribution in [3.63, 3.8) is 0 Å². The molecule has 0 amide bonds. The molecule has 2 nitrogen and oxygen atoms in total. The highest BCUT2D eigenvalue weighted by atomic mass is 15.3. The Labute approximate surface area is 77.3 Å². The van der Waals surface area contributed by atoms with Gasteiger partial charge in [0.25, 0.3) is 0 Å². The summed E-state index contributed by atoms with van der Waals surface area (Å²) in [5, 5.41) is 0. The van der Waals surface area contributed by atoms with Crippen LogP contribution in [0.1, 0.15) is 27.7 Å². The molecule has 0 aromatic carbocycles. The highest BCUT2D eigenvalue weighted by molar-refractivity contribution is 6.04. The van der Waals surface area contributed by atoms with Gasteiger partial charge < -0.3 is 4.81 Å². The van der Waals surface area contributed by atoms with Crippen LogP contribution in [0.3, 0.4) is 0 Å². The summed E-state index contributed by atoms with van der Waals surface area (Å²) in [5.41, 5.74) is 0. The molecule has 1 rings (SSSR count). The molecule has 2 unspecified atom stereocenters. The molecule has 0 aromatic rings. The van der Waals surface area contributed by atoms with Gasteiger partial charge in [0, 0.05) is 31.2 Å². The standard InChI is InChI=1S/C9H19BN2/c1-7(2)11-5-9(4)12(10)6-8(11)3/h7-9H,5-6H2,1-4H3. The van der Waals surface area contributed by atoms with E-state index in [9.17, 15) is 0 Å². The highest BCUT2D eigenvalue weighted by Gasteiger charge is 2.27. The molecule has 0 aromatic heterocycles. The molecule has 0 saturated carbocycles. The molecule has 0 N–H and O–H groups in total. The Morgan fingerprint density at radius 2 is 1.75 bits per heavy atom. The Kier molecular flexibility index (Phi) is 3.19. The van der Waals surface area contributed by atoms with Gasteiger partial charge in [-0.2, -0.15) is 0 Å². The van der Waals surface area contributed by atoms with Crippen LogP contribution in [0.25, 0.3) is 0 Å². The highest BCUT2D eigenvalue weighted by Crippen LogP contribution is 2.15. The summed E-state index contributed by atoms with van der Waals surface area (Å²) in [6, 6.07) is 1.71. The van der Waals surface area contributed by atoms with Gasteiger partial charge >= 0.3 is 0 Å². The van der Waals surface area contributed by atoms with Gasteiger partial charge in [-0.1, -0.05) is 0 Å². The maximum Gasteiger partial charge on any atom is 0.182 e. The van der Waals surface area contributed by atoms with E-state index in [1.807, 2.05) is 4.81 Å². The van der Waals surface area contributed by atoms with Gasteiger partial charge in [-0.15, -0.1) is 0 Å². The first-order valence-corrected chi connectivity index (χ1v) is 4.79. The van der Waals surface area contributed by atoms with Crippen LogP contribution in [0.4, 0.5) is 0 Å². The van der Waals surface area contributed by atoms with Crippen molar-refractivity contribution in [2.75, 3.05) is 13.1 Å². The van der Waals surface area contributed by atoms with Gasteiger partial charge in [-0.3, -0.25) is 4.90 Å².